The summed E-state index contributed by atoms with van der Waals surface area (Å²) in [6.07, 6.45) is 2.78. The second-order valence-electron chi connectivity index (χ2n) is 4.28. The van der Waals surface area contributed by atoms with Crippen LogP contribution in [-0.4, -0.2) is 19.5 Å². The molecule has 1 heterocycles. The fraction of sp³-hybridized carbons (Fsp3) is 0.0667. The number of hydrogen-bond donors (Lipinski definition) is 0. The first-order valence-electron chi connectivity index (χ1n) is 6.01. The lowest BCUT2D eigenvalue weighted by molar-refractivity contribution is 0.415. The molecule has 0 aliphatic rings. The van der Waals surface area contributed by atoms with Crippen LogP contribution in [0.2, 0.25) is 0 Å². The van der Waals surface area contributed by atoms with E-state index in [0.29, 0.717) is 11.3 Å². The highest BCUT2D eigenvalue weighted by Crippen LogP contribution is 2.25. The fourth-order valence-electron chi connectivity index (χ4n) is 2.05. The Hall–Kier alpha value is -2.27. The zero-order valence-corrected chi connectivity index (χ0v) is 11.6. The van der Waals surface area contributed by atoms with E-state index in [2.05, 4.69) is 6.20 Å². The van der Waals surface area contributed by atoms with Crippen LogP contribution in [0.1, 0.15) is 0 Å². The Morgan fingerprint density at radius 2 is 1.85 bits per heavy atom. The Balaban J connectivity index is 2.20. The van der Waals surface area contributed by atoms with Crippen LogP contribution >= 0.6 is 0 Å². The van der Waals surface area contributed by atoms with Gasteiger partial charge in [0.1, 0.15) is 5.75 Å². The minimum absolute atomic E-state index is 0.240. The summed E-state index contributed by atoms with van der Waals surface area (Å²) < 4.78 is 31.4. The molecule has 20 heavy (non-hydrogen) atoms. The van der Waals surface area contributed by atoms with Gasteiger partial charge in [-0.3, -0.25) is 0 Å². The highest BCUT2D eigenvalue weighted by Gasteiger charge is 2.18. The highest BCUT2D eigenvalue weighted by molar-refractivity contribution is 7.90. The van der Waals surface area contributed by atoms with Gasteiger partial charge in [-0.25, -0.2) is 12.4 Å². The third kappa shape index (κ3) is 1.96. The standard InChI is InChI=1S/C15H12NO3S/c1-19-13-7-8-15-12(11-13)9-10-16(15)20(17,18)14-5-3-2-4-6-14/h2-9,11H,1H3. The number of aromatic nitrogens is 1. The van der Waals surface area contributed by atoms with Crippen molar-refractivity contribution in [3.05, 3.63) is 60.8 Å². The second-order valence-corrected chi connectivity index (χ2v) is 6.07. The van der Waals surface area contributed by atoms with Crippen molar-refractivity contribution in [2.24, 2.45) is 0 Å². The predicted octanol–water partition coefficient (Wildman–Crippen LogP) is 2.69. The lowest BCUT2D eigenvalue weighted by Crippen LogP contribution is -2.11. The van der Waals surface area contributed by atoms with Gasteiger partial charge in [0, 0.05) is 5.39 Å². The van der Waals surface area contributed by atoms with E-state index < -0.39 is 10.0 Å². The van der Waals surface area contributed by atoms with Crippen molar-refractivity contribution in [3.63, 3.8) is 0 Å². The Morgan fingerprint density at radius 3 is 2.55 bits per heavy atom. The van der Waals surface area contributed by atoms with Gasteiger partial charge in [-0.15, -0.1) is 0 Å². The highest BCUT2D eigenvalue weighted by atomic mass is 32.2. The van der Waals surface area contributed by atoms with E-state index in [1.807, 2.05) is 0 Å². The van der Waals surface area contributed by atoms with E-state index in [9.17, 15) is 8.42 Å². The summed E-state index contributed by atoms with van der Waals surface area (Å²) in [6, 6.07) is 15.2. The van der Waals surface area contributed by atoms with E-state index >= 15 is 0 Å². The molecule has 4 nitrogen and oxygen atoms in total. The van der Waals surface area contributed by atoms with Gasteiger partial charge in [0.2, 0.25) is 0 Å². The summed E-state index contributed by atoms with van der Waals surface area (Å²) in [5.41, 5.74) is 0.578. The van der Waals surface area contributed by atoms with Crippen LogP contribution < -0.4 is 4.74 Å². The molecule has 0 N–H and O–H groups in total. The van der Waals surface area contributed by atoms with Gasteiger partial charge in [0.15, 0.2) is 0 Å². The smallest absolute Gasteiger partial charge is 0.268 e. The molecular formula is C15H12NO3S. The quantitative estimate of drug-likeness (QED) is 0.743. The number of nitrogens with zero attached hydrogens (tertiary/aromatic N) is 1. The van der Waals surface area contributed by atoms with E-state index in [1.54, 1.807) is 61.7 Å². The molecule has 0 amide bonds. The Bertz CT molecular complexity index is 851. The Labute approximate surface area is 117 Å². The summed E-state index contributed by atoms with van der Waals surface area (Å²) in [4.78, 5) is 0.240. The molecule has 0 aliphatic carbocycles. The summed E-state index contributed by atoms with van der Waals surface area (Å²) in [6.45, 7) is 0. The zero-order chi connectivity index (χ0) is 14.2. The Morgan fingerprint density at radius 1 is 1.10 bits per heavy atom. The van der Waals surface area contributed by atoms with Gasteiger partial charge in [-0.1, -0.05) is 18.2 Å². The van der Waals surface area contributed by atoms with E-state index in [0.717, 1.165) is 9.36 Å². The van der Waals surface area contributed by atoms with Gasteiger partial charge in [-0.2, -0.15) is 0 Å². The van der Waals surface area contributed by atoms with E-state index in [-0.39, 0.29) is 4.90 Å². The van der Waals surface area contributed by atoms with Gasteiger partial charge in [0.05, 0.1) is 23.7 Å². The van der Waals surface area contributed by atoms with Crippen molar-refractivity contribution >= 4 is 20.9 Å². The average Bonchev–Trinajstić information content (AvgIpc) is 2.91. The molecule has 0 fully saturated rings. The molecule has 0 bridgehead atoms. The van der Waals surface area contributed by atoms with Crippen molar-refractivity contribution in [3.8, 4) is 5.75 Å². The fourth-order valence-corrected chi connectivity index (χ4v) is 3.38. The van der Waals surface area contributed by atoms with Crippen molar-refractivity contribution in [2.75, 3.05) is 7.11 Å². The lowest BCUT2D eigenvalue weighted by atomic mass is 10.2. The second kappa shape index (κ2) is 4.68. The third-order valence-corrected chi connectivity index (χ3v) is 4.72. The molecule has 101 valence electrons. The van der Waals surface area contributed by atoms with Gasteiger partial charge < -0.3 is 4.74 Å². The van der Waals surface area contributed by atoms with Gasteiger partial charge in [0.25, 0.3) is 10.0 Å². The van der Waals surface area contributed by atoms with Gasteiger partial charge >= 0.3 is 0 Å². The van der Waals surface area contributed by atoms with E-state index in [4.69, 9.17) is 4.74 Å². The lowest BCUT2D eigenvalue weighted by Gasteiger charge is -2.07. The normalized spacial score (nSPS) is 11.7. The third-order valence-electron chi connectivity index (χ3n) is 3.07. The van der Waals surface area contributed by atoms with Crippen molar-refractivity contribution in [1.29, 1.82) is 0 Å². The molecule has 0 saturated carbocycles. The molecule has 0 spiro atoms. The molecule has 5 heteroatoms. The average molecular weight is 286 g/mol. The number of ether oxygens (including phenoxy) is 1. The first-order chi connectivity index (χ1) is 9.63. The molecular weight excluding hydrogens is 274 g/mol. The largest absolute Gasteiger partial charge is 0.497 e. The molecule has 0 unspecified atom stereocenters. The van der Waals surface area contributed by atoms with E-state index in [1.165, 1.54) is 0 Å². The number of methoxy groups -OCH3 is 1. The van der Waals surface area contributed by atoms with Crippen LogP contribution in [0.5, 0.6) is 5.75 Å². The minimum atomic E-state index is -3.62. The molecule has 0 saturated heterocycles. The summed E-state index contributed by atoms with van der Waals surface area (Å²) >= 11 is 0. The topological polar surface area (TPSA) is 48.3 Å². The SMILES string of the molecule is COc1ccc2c(c[c]n2S(=O)(=O)c2ccccc2)c1. The monoisotopic (exact) mass is 286 g/mol. The van der Waals surface area contributed by atoms with Crippen LogP contribution in [0, 0.1) is 6.20 Å². The number of fused-ring (bicyclic) bond motifs is 1. The molecule has 1 radical (unpaired) electrons. The zero-order valence-electron chi connectivity index (χ0n) is 10.8. The van der Waals surface area contributed by atoms with Crippen molar-refractivity contribution in [1.82, 2.24) is 3.97 Å². The molecule has 2 aromatic carbocycles. The van der Waals surface area contributed by atoms with Crippen LogP contribution in [0.4, 0.5) is 0 Å². The number of hydrogen-bond acceptors (Lipinski definition) is 3. The summed E-state index contributed by atoms with van der Waals surface area (Å²) in [7, 11) is -2.05. The first-order valence-corrected chi connectivity index (χ1v) is 7.45. The minimum Gasteiger partial charge on any atom is -0.497 e. The Kier molecular flexibility index (Phi) is 2.99. The molecule has 0 aliphatic heterocycles. The molecule has 1 aromatic heterocycles. The van der Waals surface area contributed by atoms with Crippen LogP contribution in [-0.2, 0) is 10.0 Å². The van der Waals surface area contributed by atoms with Crippen LogP contribution in [0.3, 0.4) is 0 Å². The maximum atomic E-state index is 12.6. The van der Waals surface area contributed by atoms with Crippen LogP contribution in [0.15, 0.2) is 59.5 Å². The van der Waals surface area contributed by atoms with Gasteiger partial charge in [-0.05, 0) is 36.4 Å². The number of benzene rings is 2. The van der Waals surface area contributed by atoms with Crippen molar-refractivity contribution in [2.45, 2.75) is 4.90 Å². The number of rotatable bonds is 3. The molecule has 3 rings (SSSR count). The molecule has 0 atom stereocenters. The van der Waals surface area contributed by atoms with Crippen LogP contribution in [0.25, 0.3) is 10.9 Å². The summed E-state index contributed by atoms with van der Waals surface area (Å²) in [5.74, 6) is 0.681. The van der Waals surface area contributed by atoms with Crippen molar-refractivity contribution < 1.29 is 13.2 Å². The first kappa shape index (κ1) is 12.7. The maximum absolute atomic E-state index is 12.6. The maximum Gasteiger partial charge on any atom is 0.268 e. The predicted molar refractivity (Wildman–Crippen MR) is 76.4 cm³/mol. The molecule has 3 aromatic rings. The summed E-state index contributed by atoms with van der Waals surface area (Å²) in [5, 5.41) is 0.767.